The Kier molecular flexibility index (Phi) is 7.54. The van der Waals surface area contributed by atoms with E-state index in [0.29, 0.717) is 38.3 Å². The predicted octanol–water partition coefficient (Wildman–Crippen LogP) is 0.983. The summed E-state index contributed by atoms with van der Waals surface area (Å²) in [6, 6.07) is 4.03. The molecule has 2 fully saturated rings. The van der Waals surface area contributed by atoms with Gasteiger partial charge in [-0.2, -0.15) is 4.31 Å². The number of likely N-dealkylation sites (N-methyl/N-ethyl adjacent to an activating group) is 1. The molecule has 4 heterocycles. The molecule has 0 bridgehead atoms. The summed E-state index contributed by atoms with van der Waals surface area (Å²) in [4.78, 5) is 26.2. The second kappa shape index (κ2) is 10.4. The molecule has 2 aromatic heterocycles. The van der Waals surface area contributed by atoms with Crippen molar-refractivity contribution in [2.45, 2.75) is 38.3 Å². The highest BCUT2D eigenvalue weighted by Gasteiger charge is 2.33. The van der Waals surface area contributed by atoms with E-state index >= 15 is 0 Å². The number of hydrogen-bond donors (Lipinski definition) is 1. The van der Waals surface area contributed by atoms with Crippen LogP contribution in [0.3, 0.4) is 0 Å². The Balaban J connectivity index is 1.24. The molecular weight excluding hydrogens is 454 g/mol. The summed E-state index contributed by atoms with van der Waals surface area (Å²) < 4.78 is 28.8. The molecule has 186 valence electrons. The molecule has 0 aromatic carbocycles. The van der Waals surface area contributed by atoms with Crippen molar-refractivity contribution in [2.75, 3.05) is 50.7 Å². The topological polar surface area (TPSA) is 104 Å². The van der Waals surface area contributed by atoms with Crippen molar-refractivity contribution in [3.63, 3.8) is 0 Å². The zero-order valence-corrected chi connectivity index (χ0v) is 21.1. The van der Waals surface area contributed by atoms with Gasteiger partial charge in [-0.05, 0) is 37.9 Å². The summed E-state index contributed by atoms with van der Waals surface area (Å²) in [5.41, 5.74) is 0.954. The lowest BCUT2D eigenvalue weighted by Crippen LogP contribution is -2.46. The number of aromatic nitrogens is 3. The minimum atomic E-state index is -3.63. The van der Waals surface area contributed by atoms with Gasteiger partial charge in [0.1, 0.15) is 11.6 Å². The van der Waals surface area contributed by atoms with Gasteiger partial charge in [0.15, 0.2) is 5.03 Å². The summed E-state index contributed by atoms with van der Waals surface area (Å²) >= 11 is 0. The molecule has 34 heavy (non-hydrogen) atoms. The highest BCUT2D eigenvalue weighted by Crippen LogP contribution is 2.24. The van der Waals surface area contributed by atoms with Gasteiger partial charge in [-0.15, -0.1) is 0 Å². The van der Waals surface area contributed by atoms with E-state index in [1.807, 2.05) is 18.3 Å². The van der Waals surface area contributed by atoms with Crippen molar-refractivity contribution >= 4 is 21.7 Å². The maximum absolute atomic E-state index is 12.9. The van der Waals surface area contributed by atoms with Crippen LogP contribution in [-0.4, -0.2) is 83.9 Å². The number of aryl methyl sites for hydroxylation is 2. The zero-order chi connectivity index (χ0) is 24.3. The fraction of sp³-hybridized carbons (Fsp3) is 0.609. The van der Waals surface area contributed by atoms with Crippen LogP contribution in [0.1, 0.15) is 31.2 Å². The SMILES string of the molecule is CCN1CCN(c2ccc(CNC(=O)C3CCN(S(=O)(=O)c4cn(C)c(C)n4)CC3)cn2)CC1. The number of imidazole rings is 1. The van der Waals surface area contributed by atoms with E-state index in [1.54, 1.807) is 18.5 Å². The predicted molar refractivity (Wildman–Crippen MR) is 130 cm³/mol. The Bertz CT molecular complexity index is 1060. The normalized spacial score (nSPS) is 18.9. The Labute approximate surface area is 202 Å². The first kappa shape index (κ1) is 24.6. The number of rotatable bonds is 7. The molecular formula is C23H35N7O3S. The lowest BCUT2D eigenvalue weighted by Gasteiger charge is -2.34. The average Bonchev–Trinajstić information content (AvgIpc) is 3.22. The fourth-order valence-electron chi connectivity index (χ4n) is 4.48. The van der Waals surface area contributed by atoms with Crippen LogP contribution in [0.4, 0.5) is 5.82 Å². The number of carbonyl (C=O) groups is 1. The third kappa shape index (κ3) is 5.42. The molecule has 4 rings (SSSR count). The highest BCUT2D eigenvalue weighted by atomic mass is 32.2. The maximum Gasteiger partial charge on any atom is 0.262 e. The Hall–Kier alpha value is -2.50. The van der Waals surface area contributed by atoms with Crippen molar-refractivity contribution in [1.29, 1.82) is 0 Å². The van der Waals surface area contributed by atoms with Gasteiger partial charge in [0.05, 0.1) is 0 Å². The van der Waals surface area contributed by atoms with Crippen molar-refractivity contribution < 1.29 is 13.2 Å². The van der Waals surface area contributed by atoms with Gasteiger partial charge >= 0.3 is 0 Å². The lowest BCUT2D eigenvalue weighted by atomic mass is 9.97. The molecule has 1 amide bonds. The number of carbonyl (C=O) groups excluding carboxylic acids is 1. The van der Waals surface area contributed by atoms with Crippen LogP contribution in [0.15, 0.2) is 29.6 Å². The molecule has 0 atom stereocenters. The van der Waals surface area contributed by atoms with E-state index in [1.165, 1.54) is 10.5 Å². The van der Waals surface area contributed by atoms with Crippen molar-refractivity contribution in [2.24, 2.45) is 13.0 Å². The molecule has 2 aliphatic rings. The standard InChI is InChI=1S/C23H35N7O3S/c1-4-28-11-13-29(14-12-28)21-6-5-19(15-24-21)16-25-23(31)20-7-9-30(10-8-20)34(32,33)22-17-27(3)18(2)26-22/h5-6,15,17,20H,4,7-14,16H2,1-3H3,(H,25,31). The number of piperidine rings is 1. The molecule has 0 spiro atoms. The smallest absolute Gasteiger partial charge is 0.262 e. The lowest BCUT2D eigenvalue weighted by molar-refractivity contribution is -0.126. The molecule has 11 heteroatoms. The number of pyridine rings is 1. The first-order valence-corrected chi connectivity index (χ1v) is 13.4. The molecule has 10 nitrogen and oxygen atoms in total. The van der Waals surface area contributed by atoms with Gasteiger partial charge in [0.25, 0.3) is 10.0 Å². The molecule has 2 aliphatic heterocycles. The van der Waals surface area contributed by atoms with Crippen LogP contribution in [0.5, 0.6) is 0 Å². The van der Waals surface area contributed by atoms with Gasteiger partial charge in [-0.25, -0.2) is 18.4 Å². The number of sulfonamides is 1. The number of nitrogens with one attached hydrogen (secondary N) is 1. The fourth-order valence-corrected chi connectivity index (χ4v) is 5.97. The third-order valence-corrected chi connectivity index (χ3v) is 8.71. The van der Waals surface area contributed by atoms with E-state index in [2.05, 4.69) is 32.0 Å². The average molecular weight is 490 g/mol. The number of anilines is 1. The second-order valence-corrected chi connectivity index (χ2v) is 11.0. The first-order valence-electron chi connectivity index (χ1n) is 12.0. The maximum atomic E-state index is 12.9. The van der Waals surface area contributed by atoms with Gasteiger partial charge in [0.2, 0.25) is 5.91 Å². The van der Waals surface area contributed by atoms with Crippen LogP contribution < -0.4 is 10.2 Å². The minimum absolute atomic E-state index is 0.0366. The third-order valence-electron chi connectivity index (χ3n) is 6.93. The van der Waals surface area contributed by atoms with Gasteiger partial charge in [-0.3, -0.25) is 4.79 Å². The molecule has 0 aliphatic carbocycles. The second-order valence-electron chi connectivity index (χ2n) is 9.08. The number of hydrogen-bond acceptors (Lipinski definition) is 7. The van der Waals surface area contributed by atoms with Crippen LogP contribution >= 0.6 is 0 Å². The van der Waals surface area contributed by atoms with Gasteiger partial charge in [0, 0.05) is 71.2 Å². The van der Waals surface area contributed by atoms with Crippen molar-refractivity contribution in [1.82, 2.24) is 29.1 Å². The van der Waals surface area contributed by atoms with Crippen molar-refractivity contribution in [3.8, 4) is 0 Å². The van der Waals surface area contributed by atoms with E-state index < -0.39 is 10.0 Å². The summed E-state index contributed by atoms with van der Waals surface area (Å²) in [6.45, 7) is 10.2. The monoisotopic (exact) mass is 489 g/mol. The van der Waals surface area contributed by atoms with E-state index in [4.69, 9.17) is 0 Å². The molecule has 1 N–H and O–H groups in total. The van der Waals surface area contributed by atoms with Crippen molar-refractivity contribution in [3.05, 3.63) is 35.9 Å². The summed E-state index contributed by atoms with van der Waals surface area (Å²) in [7, 11) is -1.86. The Morgan fingerprint density at radius 2 is 1.82 bits per heavy atom. The number of piperazine rings is 1. The van der Waals surface area contributed by atoms with Crippen LogP contribution in [-0.2, 0) is 28.4 Å². The molecule has 2 saturated heterocycles. The number of nitrogens with zero attached hydrogens (tertiary/aromatic N) is 6. The molecule has 0 saturated carbocycles. The number of amides is 1. The van der Waals surface area contributed by atoms with Crippen LogP contribution in [0, 0.1) is 12.8 Å². The molecule has 0 radical (unpaired) electrons. The van der Waals surface area contributed by atoms with Crippen LogP contribution in [0.25, 0.3) is 0 Å². The van der Waals surface area contributed by atoms with E-state index in [0.717, 1.165) is 44.1 Å². The molecule has 0 unspecified atom stereocenters. The molecule has 2 aromatic rings. The van der Waals surface area contributed by atoms with Gasteiger partial charge < -0.3 is 19.7 Å². The quantitative estimate of drug-likeness (QED) is 0.618. The Morgan fingerprint density at radius 1 is 1.12 bits per heavy atom. The van der Waals surface area contributed by atoms with Gasteiger partial charge in [-0.1, -0.05) is 13.0 Å². The van der Waals surface area contributed by atoms with Crippen LogP contribution in [0.2, 0.25) is 0 Å². The largest absolute Gasteiger partial charge is 0.354 e. The van der Waals surface area contributed by atoms with E-state index in [-0.39, 0.29) is 16.9 Å². The summed E-state index contributed by atoms with van der Waals surface area (Å²) in [6.07, 6.45) is 4.36. The highest BCUT2D eigenvalue weighted by molar-refractivity contribution is 7.89. The summed E-state index contributed by atoms with van der Waals surface area (Å²) in [5.74, 6) is 1.39. The van der Waals surface area contributed by atoms with E-state index in [9.17, 15) is 13.2 Å². The first-order chi connectivity index (χ1) is 16.3. The zero-order valence-electron chi connectivity index (χ0n) is 20.3. The minimum Gasteiger partial charge on any atom is -0.354 e. The summed E-state index contributed by atoms with van der Waals surface area (Å²) in [5, 5.41) is 3.06. The Morgan fingerprint density at radius 3 is 2.38 bits per heavy atom.